The average molecular weight is 379 g/mol. The van der Waals surface area contributed by atoms with Crippen LogP contribution in [-0.2, 0) is 11.3 Å². The number of anilines is 1. The van der Waals surface area contributed by atoms with E-state index in [1.165, 1.54) is 6.07 Å². The van der Waals surface area contributed by atoms with Crippen molar-refractivity contribution in [1.82, 2.24) is 9.78 Å². The summed E-state index contributed by atoms with van der Waals surface area (Å²) in [7, 11) is 1.58. The van der Waals surface area contributed by atoms with Crippen LogP contribution in [0.4, 0.5) is 5.69 Å². The van der Waals surface area contributed by atoms with E-state index in [-0.39, 0.29) is 18.0 Å². The van der Waals surface area contributed by atoms with Crippen molar-refractivity contribution in [2.75, 3.05) is 19.0 Å². The first kappa shape index (κ1) is 19.2. The molecule has 0 aliphatic carbocycles. The molecule has 2 aromatic carbocycles. The summed E-state index contributed by atoms with van der Waals surface area (Å²) >= 11 is 0. The van der Waals surface area contributed by atoms with Crippen molar-refractivity contribution in [2.45, 2.75) is 13.5 Å². The molecule has 0 aliphatic heterocycles. The first-order chi connectivity index (χ1) is 13.6. The van der Waals surface area contributed by atoms with Gasteiger partial charge in [0.05, 0.1) is 25.1 Å². The number of hydrogen-bond donors (Lipinski definition) is 1. The molecule has 0 aliphatic rings. The minimum absolute atomic E-state index is 0.211. The normalized spacial score (nSPS) is 10.4. The minimum atomic E-state index is -0.371. The fraction of sp³-hybridized carbons (Fsp3) is 0.190. The van der Waals surface area contributed by atoms with Crippen LogP contribution in [-0.4, -0.2) is 29.4 Å². The van der Waals surface area contributed by atoms with Crippen molar-refractivity contribution in [3.05, 3.63) is 71.0 Å². The molecule has 0 saturated carbocycles. The SMILES string of the molecule is CCOc1ccccc1NC(=O)Cn1nc(-c2cccc(OC)c2)ccc1=O. The summed E-state index contributed by atoms with van der Waals surface area (Å²) in [5.41, 5.74) is 1.54. The molecule has 0 spiro atoms. The standard InChI is InChI=1S/C21H21N3O4/c1-3-28-19-10-5-4-9-18(19)22-20(25)14-24-21(26)12-11-17(23-24)15-7-6-8-16(13-15)27-2/h4-13H,3,14H2,1-2H3,(H,22,25). The Balaban J connectivity index is 1.80. The van der Waals surface area contributed by atoms with E-state index in [9.17, 15) is 9.59 Å². The lowest BCUT2D eigenvalue weighted by molar-refractivity contribution is -0.117. The first-order valence-corrected chi connectivity index (χ1v) is 8.85. The van der Waals surface area contributed by atoms with Gasteiger partial charge in [-0.1, -0.05) is 24.3 Å². The third-order valence-corrected chi connectivity index (χ3v) is 3.99. The highest BCUT2D eigenvalue weighted by Crippen LogP contribution is 2.24. The van der Waals surface area contributed by atoms with Gasteiger partial charge in [-0.2, -0.15) is 5.10 Å². The Morgan fingerprint density at radius 1 is 1.11 bits per heavy atom. The Labute approximate surface area is 162 Å². The maximum absolute atomic E-state index is 12.5. The molecule has 1 amide bonds. The number of carbonyl (C=O) groups excluding carboxylic acids is 1. The topological polar surface area (TPSA) is 82.4 Å². The Bertz CT molecular complexity index is 1030. The molecular weight excluding hydrogens is 358 g/mol. The molecule has 0 saturated heterocycles. The van der Waals surface area contributed by atoms with Gasteiger partial charge in [0.25, 0.3) is 5.56 Å². The van der Waals surface area contributed by atoms with Gasteiger partial charge in [-0.3, -0.25) is 9.59 Å². The molecule has 28 heavy (non-hydrogen) atoms. The molecule has 1 aromatic heterocycles. The quantitative estimate of drug-likeness (QED) is 0.682. The zero-order valence-corrected chi connectivity index (χ0v) is 15.7. The predicted molar refractivity (Wildman–Crippen MR) is 107 cm³/mol. The number of amides is 1. The minimum Gasteiger partial charge on any atom is -0.497 e. The van der Waals surface area contributed by atoms with Gasteiger partial charge in [0, 0.05) is 11.6 Å². The van der Waals surface area contributed by atoms with Crippen LogP contribution in [0.15, 0.2) is 65.5 Å². The van der Waals surface area contributed by atoms with Gasteiger partial charge >= 0.3 is 0 Å². The van der Waals surface area contributed by atoms with Gasteiger partial charge in [0.1, 0.15) is 18.0 Å². The molecule has 0 unspecified atom stereocenters. The third kappa shape index (κ3) is 4.56. The number of carbonyl (C=O) groups is 1. The smallest absolute Gasteiger partial charge is 0.267 e. The van der Waals surface area contributed by atoms with E-state index in [1.807, 2.05) is 37.3 Å². The zero-order chi connectivity index (χ0) is 19.9. The number of aromatic nitrogens is 2. The Hall–Kier alpha value is -3.61. The lowest BCUT2D eigenvalue weighted by Crippen LogP contribution is -2.29. The van der Waals surface area contributed by atoms with Crippen molar-refractivity contribution in [3.8, 4) is 22.8 Å². The molecule has 0 bridgehead atoms. The first-order valence-electron chi connectivity index (χ1n) is 8.85. The molecule has 3 rings (SSSR count). The number of rotatable bonds is 7. The van der Waals surface area contributed by atoms with Gasteiger partial charge in [0.15, 0.2) is 0 Å². The number of nitrogens with zero attached hydrogens (tertiary/aromatic N) is 2. The van der Waals surface area contributed by atoms with Crippen molar-refractivity contribution in [3.63, 3.8) is 0 Å². The summed E-state index contributed by atoms with van der Waals surface area (Å²) in [5.74, 6) is 0.885. The van der Waals surface area contributed by atoms with Crippen LogP contribution in [0.3, 0.4) is 0 Å². The van der Waals surface area contributed by atoms with Crippen molar-refractivity contribution < 1.29 is 14.3 Å². The maximum Gasteiger partial charge on any atom is 0.267 e. The summed E-state index contributed by atoms with van der Waals surface area (Å²) in [6.07, 6.45) is 0. The highest BCUT2D eigenvalue weighted by molar-refractivity contribution is 5.92. The van der Waals surface area contributed by atoms with Gasteiger partial charge in [-0.15, -0.1) is 0 Å². The van der Waals surface area contributed by atoms with E-state index in [1.54, 1.807) is 31.4 Å². The van der Waals surface area contributed by atoms with Crippen LogP contribution < -0.4 is 20.3 Å². The van der Waals surface area contributed by atoms with Gasteiger partial charge in [0.2, 0.25) is 5.91 Å². The van der Waals surface area contributed by atoms with E-state index in [2.05, 4.69) is 10.4 Å². The Morgan fingerprint density at radius 2 is 1.93 bits per heavy atom. The Kier molecular flexibility index (Phi) is 6.06. The fourth-order valence-corrected chi connectivity index (χ4v) is 2.68. The molecule has 0 fully saturated rings. The number of methoxy groups -OCH3 is 1. The van der Waals surface area contributed by atoms with Crippen LogP contribution in [0.2, 0.25) is 0 Å². The maximum atomic E-state index is 12.5. The van der Waals surface area contributed by atoms with E-state index < -0.39 is 0 Å². The monoisotopic (exact) mass is 379 g/mol. The van der Waals surface area contributed by atoms with Crippen LogP contribution in [0, 0.1) is 0 Å². The molecule has 3 aromatic rings. The molecule has 144 valence electrons. The average Bonchev–Trinajstić information content (AvgIpc) is 2.71. The summed E-state index contributed by atoms with van der Waals surface area (Å²) in [4.78, 5) is 24.6. The predicted octanol–water partition coefficient (Wildman–Crippen LogP) is 2.96. The molecule has 7 heteroatoms. The lowest BCUT2D eigenvalue weighted by atomic mass is 10.1. The molecule has 1 N–H and O–H groups in total. The lowest BCUT2D eigenvalue weighted by Gasteiger charge is -2.12. The second kappa shape index (κ2) is 8.85. The van der Waals surface area contributed by atoms with E-state index in [0.717, 1.165) is 10.2 Å². The second-order valence-electron chi connectivity index (χ2n) is 5.92. The molecule has 0 radical (unpaired) electrons. The molecule has 0 atom stereocenters. The Morgan fingerprint density at radius 3 is 2.71 bits per heavy atom. The summed E-state index contributed by atoms with van der Waals surface area (Å²) in [6, 6.07) is 17.5. The summed E-state index contributed by atoms with van der Waals surface area (Å²) < 4.78 is 11.9. The van der Waals surface area contributed by atoms with Crippen molar-refractivity contribution in [2.24, 2.45) is 0 Å². The molecule has 1 heterocycles. The molecule has 7 nitrogen and oxygen atoms in total. The summed E-state index contributed by atoms with van der Waals surface area (Å²) in [5, 5.41) is 7.08. The number of para-hydroxylation sites is 2. The number of ether oxygens (including phenoxy) is 2. The number of nitrogens with one attached hydrogen (secondary N) is 1. The van der Waals surface area contributed by atoms with Gasteiger partial charge in [-0.05, 0) is 37.3 Å². The summed E-state index contributed by atoms with van der Waals surface area (Å²) in [6.45, 7) is 2.14. The van der Waals surface area contributed by atoms with Crippen LogP contribution in [0.25, 0.3) is 11.3 Å². The second-order valence-corrected chi connectivity index (χ2v) is 5.92. The number of benzene rings is 2. The fourth-order valence-electron chi connectivity index (χ4n) is 2.68. The zero-order valence-electron chi connectivity index (χ0n) is 15.7. The van der Waals surface area contributed by atoms with Crippen LogP contribution in [0.5, 0.6) is 11.5 Å². The third-order valence-electron chi connectivity index (χ3n) is 3.99. The van der Waals surface area contributed by atoms with Crippen molar-refractivity contribution in [1.29, 1.82) is 0 Å². The van der Waals surface area contributed by atoms with Crippen molar-refractivity contribution >= 4 is 11.6 Å². The van der Waals surface area contributed by atoms with E-state index >= 15 is 0 Å². The number of hydrogen-bond acceptors (Lipinski definition) is 5. The van der Waals surface area contributed by atoms with Gasteiger partial charge < -0.3 is 14.8 Å². The van der Waals surface area contributed by atoms with Crippen LogP contribution >= 0.6 is 0 Å². The highest BCUT2D eigenvalue weighted by atomic mass is 16.5. The highest BCUT2D eigenvalue weighted by Gasteiger charge is 2.11. The largest absolute Gasteiger partial charge is 0.497 e. The molecular formula is C21H21N3O4. The van der Waals surface area contributed by atoms with Crippen LogP contribution in [0.1, 0.15) is 6.92 Å². The van der Waals surface area contributed by atoms with E-state index in [4.69, 9.17) is 9.47 Å². The van der Waals surface area contributed by atoms with E-state index in [0.29, 0.717) is 29.5 Å². The van der Waals surface area contributed by atoms with Gasteiger partial charge in [-0.25, -0.2) is 4.68 Å².